The Hall–Kier alpha value is -1.81. The molecule has 1 unspecified atom stereocenters. The quantitative estimate of drug-likeness (QED) is 0.896. The number of methoxy groups -OCH3 is 1. The Balaban J connectivity index is 2.48. The molecule has 1 aromatic carbocycles. The molecule has 2 aromatic rings. The Morgan fingerprint density at radius 2 is 2.00 bits per heavy atom. The van der Waals surface area contributed by atoms with Crippen molar-refractivity contribution in [3.63, 3.8) is 0 Å². The van der Waals surface area contributed by atoms with E-state index in [9.17, 15) is 0 Å². The molecule has 1 atom stereocenters. The Morgan fingerprint density at radius 3 is 2.56 bits per heavy atom. The highest BCUT2D eigenvalue weighted by Gasteiger charge is 2.19. The fraction of sp³-hybridized carbons (Fsp3) is 0.357. The van der Waals surface area contributed by atoms with Gasteiger partial charge in [0.25, 0.3) is 0 Å². The number of nitrogens with zero attached hydrogens (tertiary/aromatic N) is 2. The van der Waals surface area contributed by atoms with Crippen LogP contribution in [-0.4, -0.2) is 23.9 Å². The van der Waals surface area contributed by atoms with E-state index in [2.05, 4.69) is 16.5 Å². The second-order valence-electron chi connectivity index (χ2n) is 4.31. The molecule has 18 heavy (non-hydrogen) atoms. The summed E-state index contributed by atoms with van der Waals surface area (Å²) in [4.78, 5) is 0. The zero-order valence-corrected chi connectivity index (χ0v) is 11.3. The van der Waals surface area contributed by atoms with Crippen LogP contribution in [0.5, 0.6) is 5.75 Å². The van der Waals surface area contributed by atoms with Gasteiger partial charge in [-0.3, -0.25) is 4.68 Å². The first-order valence-electron chi connectivity index (χ1n) is 5.97. The maximum atomic E-state index is 5.43. The Kier molecular flexibility index (Phi) is 3.67. The van der Waals surface area contributed by atoms with Crippen LogP contribution in [0.4, 0.5) is 0 Å². The molecular weight excluding hydrogens is 226 g/mol. The van der Waals surface area contributed by atoms with Gasteiger partial charge in [0.2, 0.25) is 0 Å². The summed E-state index contributed by atoms with van der Waals surface area (Å²) < 4.78 is 7.27. The highest BCUT2D eigenvalue weighted by atomic mass is 16.5. The van der Waals surface area contributed by atoms with Crippen LogP contribution in [0, 0.1) is 6.92 Å². The first kappa shape index (κ1) is 12.6. The predicted molar refractivity (Wildman–Crippen MR) is 71.8 cm³/mol. The van der Waals surface area contributed by atoms with Crippen LogP contribution < -0.4 is 10.1 Å². The molecule has 0 aliphatic heterocycles. The van der Waals surface area contributed by atoms with Crippen LogP contribution in [0.15, 0.2) is 30.5 Å². The van der Waals surface area contributed by atoms with Gasteiger partial charge in [0.15, 0.2) is 0 Å². The summed E-state index contributed by atoms with van der Waals surface area (Å²) in [5.41, 5.74) is 3.32. The van der Waals surface area contributed by atoms with E-state index in [0.717, 1.165) is 17.0 Å². The molecule has 4 heteroatoms. The monoisotopic (exact) mass is 245 g/mol. The summed E-state index contributed by atoms with van der Waals surface area (Å²) in [6, 6.07) is 8.14. The minimum atomic E-state index is 0.0925. The van der Waals surface area contributed by atoms with Gasteiger partial charge in [0.1, 0.15) is 5.75 Å². The molecule has 0 spiro atoms. The average molecular weight is 245 g/mol. The standard InChI is InChI=1S/C14H19N3O/c1-10-12(9-17(3)16-10)14(15-2)11-7-5-6-8-13(11)18-4/h5-9,14-15H,1-4H3. The summed E-state index contributed by atoms with van der Waals surface area (Å²) >= 11 is 0. The summed E-state index contributed by atoms with van der Waals surface area (Å²) in [5.74, 6) is 0.889. The number of benzene rings is 1. The number of aromatic nitrogens is 2. The van der Waals surface area contributed by atoms with E-state index >= 15 is 0 Å². The Bertz CT molecular complexity index is 534. The van der Waals surface area contributed by atoms with Gasteiger partial charge in [0, 0.05) is 24.4 Å². The average Bonchev–Trinajstić information content (AvgIpc) is 2.70. The molecule has 0 aliphatic carbocycles. The lowest BCUT2D eigenvalue weighted by Crippen LogP contribution is -2.18. The molecule has 1 heterocycles. The van der Waals surface area contributed by atoms with Crippen molar-refractivity contribution in [2.24, 2.45) is 7.05 Å². The van der Waals surface area contributed by atoms with Crippen LogP contribution in [0.25, 0.3) is 0 Å². The summed E-state index contributed by atoms with van der Waals surface area (Å²) in [6.07, 6.45) is 2.04. The minimum absolute atomic E-state index is 0.0925. The molecule has 0 saturated heterocycles. The number of aryl methyl sites for hydroxylation is 2. The largest absolute Gasteiger partial charge is 0.496 e. The van der Waals surface area contributed by atoms with E-state index in [1.54, 1.807) is 7.11 Å². The van der Waals surface area contributed by atoms with Crippen molar-refractivity contribution >= 4 is 0 Å². The van der Waals surface area contributed by atoms with Gasteiger partial charge < -0.3 is 10.1 Å². The van der Waals surface area contributed by atoms with Crippen molar-refractivity contribution in [3.05, 3.63) is 47.3 Å². The SMILES string of the molecule is CNC(c1ccccc1OC)c1cn(C)nc1C. The van der Waals surface area contributed by atoms with Crippen molar-refractivity contribution < 1.29 is 4.74 Å². The first-order valence-corrected chi connectivity index (χ1v) is 5.97. The Morgan fingerprint density at radius 1 is 1.28 bits per heavy atom. The number of ether oxygens (including phenoxy) is 1. The van der Waals surface area contributed by atoms with Crippen LogP contribution in [0.2, 0.25) is 0 Å². The highest BCUT2D eigenvalue weighted by molar-refractivity contribution is 5.42. The van der Waals surface area contributed by atoms with Gasteiger partial charge in [-0.25, -0.2) is 0 Å². The van der Waals surface area contributed by atoms with Crippen LogP contribution >= 0.6 is 0 Å². The predicted octanol–water partition coefficient (Wildman–Crippen LogP) is 2.05. The van der Waals surface area contributed by atoms with E-state index in [0.29, 0.717) is 0 Å². The minimum Gasteiger partial charge on any atom is -0.496 e. The van der Waals surface area contributed by atoms with E-state index in [1.807, 2.05) is 50.1 Å². The lowest BCUT2D eigenvalue weighted by atomic mass is 9.99. The van der Waals surface area contributed by atoms with Gasteiger partial charge in [-0.1, -0.05) is 18.2 Å². The van der Waals surface area contributed by atoms with Gasteiger partial charge in [-0.05, 0) is 20.0 Å². The summed E-state index contributed by atoms with van der Waals surface area (Å²) in [7, 11) is 5.58. The molecule has 0 saturated carbocycles. The van der Waals surface area contributed by atoms with E-state index in [-0.39, 0.29) is 6.04 Å². The number of hydrogen-bond donors (Lipinski definition) is 1. The maximum Gasteiger partial charge on any atom is 0.123 e. The van der Waals surface area contributed by atoms with E-state index in [1.165, 1.54) is 5.56 Å². The maximum absolute atomic E-state index is 5.43. The van der Waals surface area contributed by atoms with Crippen LogP contribution in [0.1, 0.15) is 22.9 Å². The molecule has 2 rings (SSSR count). The lowest BCUT2D eigenvalue weighted by molar-refractivity contribution is 0.405. The fourth-order valence-electron chi connectivity index (χ4n) is 2.28. The number of hydrogen-bond acceptors (Lipinski definition) is 3. The number of rotatable bonds is 4. The number of para-hydroxylation sites is 1. The van der Waals surface area contributed by atoms with Crippen molar-refractivity contribution in [2.75, 3.05) is 14.2 Å². The molecule has 0 bridgehead atoms. The summed E-state index contributed by atoms with van der Waals surface area (Å²) in [6.45, 7) is 2.02. The number of nitrogens with one attached hydrogen (secondary N) is 1. The smallest absolute Gasteiger partial charge is 0.123 e. The molecule has 0 radical (unpaired) electrons. The topological polar surface area (TPSA) is 39.1 Å². The molecular formula is C14H19N3O. The highest BCUT2D eigenvalue weighted by Crippen LogP contribution is 2.30. The third kappa shape index (κ3) is 2.24. The molecule has 0 fully saturated rings. The summed E-state index contributed by atoms with van der Waals surface area (Å²) in [5, 5.41) is 7.73. The fourth-order valence-corrected chi connectivity index (χ4v) is 2.28. The normalized spacial score (nSPS) is 12.4. The van der Waals surface area contributed by atoms with Crippen molar-refractivity contribution in [2.45, 2.75) is 13.0 Å². The molecule has 1 N–H and O–H groups in total. The molecule has 1 aromatic heterocycles. The van der Waals surface area contributed by atoms with Crippen molar-refractivity contribution in [1.29, 1.82) is 0 Å². The third-order valence-electron chi connectivity index (χ3n) is 3.10. The van der Waals surface area contributed by atoms with E-state index in [4.69, 9.17) is 4.74 Å². The second-order valence-corrected chi connectivity index (χ2v) is 4.31. The molecule has 0 amide bonds. The zero-order valence-electron chi connectivity index (χ0n) is 11.3. The van der Waals surface area contributed by atoms with Gasteiger partial charge in [0.05, 0.1) is 18.8 Å². The van der Waals surface area contributed by atoms with E-state index < -0.39 is 0 Å². The van der Waals surface area contributed by atoms with Crippen LogP contribution in [0.3, 0.4) is 0 Å². The first-order chi connectivity index (χ1) is 8.67. The van der Waals surface area contributed by atoms with Gasteiger partial charge in [-0.15, -0.1) is 0 Å². The van der Waals surface area contributed by atoms with Gasteiger partial charge >= 0.3 is 0 Å². The van der Waals surface area contributed by atoms with Crippen LogP contribution in [-0.2, 0) is 7.05 Å². The van der Waals surface area contributed by atoms with Crippen molar-refractivity contribution in [3.8, 4) is 5.75 Å². The zero-order chi connectivity index (χ0) is 13.1. The van der Waals surface area contributed by atoms with Crippen molar-refractivity contribution in [1.82, 2.24) is 15.1 Å². The second kappa shape index (κ2) is 5.23. The van der Waals surface area contributed by atoms with Gasteiger partial charge in [-0.2, -0.15) is 5.10 Å². The lowest BCUT2D eigenvalue weighted by Gasteiger charge is -2.18. The third-order valence-corrected chi connectivity index (χ3v) is 3.10. The molecule has 4 nitrogen and oxygen atoms in total. The molecule has 96 valence electrons. The molecule has 0 aliphatic rings. The Labute approximate surface area is 108 Å².